The maximum atomic E-state index is 2.50. The molecule has 0 aliphatic heterocycles. The normalized spacial score (nSPS) is 11.9. The lowest BCUT2D eigenvalue weighted by Crippen LogP contribution is -1.96. The summed E-state index contributed by atoms with van der Waals surface area (Å²) in [5.74, 6) is 0. The van der Waals surface area contributed by atoms with E-state index in [0.717, 1.165) is 22.6 Å². The molecule has 3 heterocycles. The third kappa shape index (κ3) is 6.77. The Bertz CT molecular complexity index is 5000. The van der Waals surface area contributed by atoms with Crippen LogP contribution in [0.15, 0.2) is 285 Å². The maximum absolute atomic E-state index is 2.50. The van der Waals surface area contributed by atoms with E-state index in [9.17, 15) is 0 Å². The van der Waals surface area contributed by atoms with E-state index < -0.39 is 0 Å². The molecule has 3 aromatic heterocycles. The minimum Gasteiger partial charge on any atom is -0.309 e. The monoisotopic (exact) mass is 977 g/mol. The summed E-state index contributed by atoms with van der Waals surface area (Å²) < 4.78 is 7.31. The summed E-state index contributed by atoms with van der Waals surface area (Å²) in [6.07, 6.45) is 0. The van der Waals surface area contributed by atoms with Crippen molar-refractivity contribution in [3.05, 3.63) is 285 Å². The largest absolute Gasteiger partial charge is 0.309 e. The van der Waals surface area contributed by atoms with Gasteiger partial charge in [0.1, 0.15) is 0 Å². The molecule has 16 rings (SSSR count). The minimum atomic E-state index is 1.12. The number of para-hydroxylation sites is 5. The smallest absolute Gasteiger partial charge is 0.0619 e. The van der Waals surface area contributed by atoms with Crippen molar-refractivity contribution in [3.8, 4) is 61.6 Å². The fraction of sp³-hybridized carbons (Fsp3) is 0. The van der Waals surface area contributed by atoms with Gasteiger partial charge in [0.15, 0.2) is 0 Å². The Kier molecular flexibility index (Phi) is 9.64. The van der Waals surface area contributed by atoms with E-state index in [1.807, 2.05) is 0 Å². The Morgan fingerprint density at radius 1 is 0.182 bits per heavy atom. The van der Waals surface area contributed by atoms with Crippen LogP contribution in [0.5, 0.6) is 0 Å². The highest BCUT2D eigenvalue weighted by Gasteiger charge is 2.22. The van der Waals surface area contributed by atoms with Crippen LogP contribution in [-0.2, 0) is 0 Å². The second kappa shape index (κ2) is 17.2. The minimum absolute atomic E-state index is 1.12. The summed E-state index contributed by atoms with van der Waals surface area (Å²) in [5, 5.41) is 12.3. The van der Waals surface area contributed by atoms with Gasteiger partial charge in [0, 0.05) is 54.9 Å². The molecule has 3 nitrogen and oxygen atoms in total. The Morgan fingerprint density at radius 3 is 1.16 bits per heavy atom. The van der Waals surface area contributed by atoms with Crippen LogP contribution >= 0.6 is 0 Å². The summed E-state index contributed by atoms with van der Waals surface area (Å²) >= 11 is 0. The Labute approximate surface area is 445 Å². The van der Waals surface area contributed by atoms with Gasteiger partial charge in [-0.2, -0.15) is 0 Å². The van der Waals surface area contributed by atoms with E-state index in [4.69, 9.17) is 0 Å². The van der Waals surface area contributed by atoms with Crippen molar-refractivity contribution < 1.29 is 0 Å². The number of fused-ring (bicyclic) bond motifs is 12. The van der Waals surface area contributed by atoms with Crippen molar-refractivity contribution in [2.75, 3.05) is 0 Å². The van der Waals surface area contributed by atoms with Crippen LogP contribution in [0.25, 0.3) is 149 Å². The number of hydrogen-bond acceptors (Lipinski definition) is 0. The molecule has 0 amide bonds. The molecular weight excluding hydrogens is 931 g/mol. The first-order valence-corrected chi connectivity index (χ1v) is 26.6. The van der Waals surface area contributed by atoms with E-state index in [0.29, 0.717) is 0 Å². The van der Waals surface area contributed by atoms with Crippen LogP contribution in [0.2, 0.25) is 0 Å². The predicted molar refractivity (Wildman–Crippen MR) is 326 cm³/mol. The van der Waals surface area contributed by atoms with Gasteiger partial charge < -0.3 is 13.7 Å². The van der Waals surface area contributed by atoms with Gasteiger partial charge in [0.25, 0.3) is 0 Å². The molecule has 0 saturated carbocycles. The lowest BCUT2D eigenvalue weighted by Gasteiger charge is -2.15. The van der Waals surface area contributed by atoms with Gasteiger partial charge in [-0.25, -0.2) is 0 Å². The number of rotatable bonds is 7. The summed E-state index contributed by atoms with van der Waals surface area (Å²) in [6.45, 7) is 0. The zero-order valence-electron chi connectivity index (χ0n) is 42.0. The van der Waals surface area contributed by atoms with Crippen LogP contribution in [0.1, 0.15) is 0 Å². The molecule has 0 N–H and O–H groups in total. The molecule has 0 atom stereocenters. The van der Waals surface area contributed by atoms with E-state index in [-0.39, 0.29) is 0 Å². The highest BCUT2D eigenvalue weighted by atomic mass is 15.0. The highest BCUT2D eigenvalue weighted by Crippen LogP contribution is 2.46. The van der Waals surface area contributed by atoms with Crippen LogP contribution in [-0.4, -0.2) is 13.7 Å². The fourth-order valence-corrected chi connectivity index (χ4v) is 12.7. The Hall–Kier alpha value is -10.2. The first-order chi connectivity index (χ1) is 38.2. The number of nitrogens with zero attached hydrogens (tertiary/aromatic N) is 3. The topological polar surface area (TPSA) is 14.8 Å². The zero-order chi connectivity index (χ0) is 50.6. The zero-order valence-corrected chi connectivity index (χ0v) is 42.0. The fourth-order valence-electron chi connectivity index (χ4n) is 12.7. The first-order valence-electron chi connectivity index (χ1n) is 26.6. The Balaban J connectivity index is 0.971. The van der Waals surface area contributed by atoms with E-state index in [1.165, 1.54) is 126 Å². The van der Waals surface area contributed by atoms with Crippen LogP contribution < -0.4 is 0 Å². The molecule has 0 aliphatic carbocycles. The van der Waals surface area contributed by atoms with Crippen LogP contribution in [0.4, 0.5) is 0 Å². The molecule has 358 valence electrons. The third-order valence-electron chi connectivity index (χ3n) is 16.2. The summed E-state index contributed by atoms with van der Waals surface area (Å²) in [7, 11) is 0. The van der Waals surface area contributed by atoms with Gasteiger partial charge in [-0.3, -0.25) is 0 Å². The lowest BCUT2D eigenvalue weighted by molar-refractivity contribution is 1.18. The molecule has 0 spiro atoms. The van der Waals surface area contributed by atoms with Crippen molar-refractivity contribution in [1.82, 2.24) is 13.7 Å². The highest BCUT2D eigenvalue weighted by molar-refractivity contribution is 6.19. The molecule has 0 radical (unpaired) electrons. The average molecular weight is 978 g/mol. The van der Waals surface area contributed by atoms with E-state index in [1.54, 1.807) is 0 Å². The van der Waals surface area contributed by atoms with E-state index in [2.05, 4.69) is 299 Å². The van der Waals surface area contributed by atoms with Gasteiger partial charge in [-0.1, -0.05) is 176 Å². The number of benzene rings is 13. The molecule has 16 aromatic rings. The quantitative estimate of drug-likeness (QED) is 0.141. The Morgan fingerprint density at radius 2 is 0.571 bits per heavy atom. The molecule has 0 saturated heterocycles. The first kappa shape index (κ1) is 43.2. The standard InChI is InChI=1S/C74H47N3/c1-5-19-48(20-6-1)62-44-52-34-33-49(41-63(52)59-28-14-13-27-58(59)62)50-35-39-73-67(42-50)68-47-54(51-36-38-71-65(43-51)60-29-15-17-31-69(60)75(71)55-21-7-2-8-22-55)46-64(74(68)77(73)57-25-11-4-12-26-57)53-37-40-72-66(45-53)61-30-16-18-32-70(61)76(72)56-23-9-3-10-24-56/h1-47H. The molecular formula is C74H47N3. The van der Waals surface area contributed by atoms with Crippen molar-refractivity contribution in [2.24, 2.45) is 0 Å². The molecule has 0 fully saturated rings. The maximum Gasteiger partial charge on any atom is 0.0619 e. The molecule has 77 heavy (non-hydrogen) atoms. The van der Waals surface area contributed by atoms with Crippen molar-refractivity contribution in [3.63, 3.8) is 0 Å². The molecule has 0 unspecified atom stereocenters. The summed E-state index contributed by atoms with van der Waals surface area (Å²) in [4.78, 5) is 0. The molecule has 0 bridgehead atoms. The number of aromatic nitrogens is 3. The van der Waals surface area contributed by atoms with Gasteiger partial charge in [-0.15, -0.1) is 0 Å². The van der Waals surface area contributed by atoms with E-state index >= 15 is 0 Å². The second-order valence-corrected chi connectivity index (χ2v) is 20.4. The summed E-state index contributed by atoms with van der Waals surface area (Å²) in [6, 6.07) is 105. The van der Waals surface area contributed by atoms with Crippen LogP contribution in [0, 0.1) is 0 Å². The number of hydrogen-bond donors (Lipinski definition) is 0. The third-order valence-corrected chi connectivity index (χ3v) is 16.2. The lowest BCUT2D eigenvalue weighted by atomic mass is 9.91. The molecule has 3 heteroatoms. The van der Waals surface area contributed by atoms with Crippen molar-refractivity contribution in [1.29, 1.82) is 0 Å². The molecule has 13 aromatic carbocycles. The summed E-state index contributed by atoms with van der Waals surface area (Å²) in [5.41, 5.74) is 20.1. The van der Waals surface area contributed by atoms with Crippen molar-refractivity contribution >= 4 is 87.0 Å². The van der Waals surface area contributed by atoms with Gasteiger partial charge in [-0.05, 0) is 170 Å². The average Bonchev–Trinajstić information content (AvgIpc) is 4.21. The van der Waals surface area contributed by atoms with Gasteiger partial charge >= 0.3 is 0 Å². The predicted octanol–water partition coefficient (Wildman–Crippen LogP) is 20.0. The van der Waals surface area contributed by atoms with Crippen LogP contribution in [0.3, 0.4) is 0 Å². The van der Waals surface area contributed by atoms with Crippen molar-refractivity contribution in [2.45, 2.75) is 0 Å². The van der Waals surface area contributed by atoms with Gasteiger partial charge in [0.05, 0.1) is 33.1 Å². The van der Waals surface area contributed by atoms with Gasteiger partial charge in [0.2, 0.25) is 0 Å². The SMILES string of the molecule is c1ccc(-c2cc3ccc(-c4ccc5c(c4)c4cc(-c6ccc7c(c6)c6ccccc6n7-c6ccccc6)cc(-c6ccc7c(c6)c6ccccc6n7-c6ccccc6)c4n5-c4ccccc4)cc3c3ccccc23)cc1. The molecule has 0 aliphatic rings. The second-order valence-electron chi connectivity index (χ2n) is 20.4.